The first-order valence-corrected chi connectivity index (χ1v) is 11.5. The molecule has 0 aliphatic heterocycles. The van der Waals surface area contributed by atoms with Crippen molar-refractivity contribution in [2.45, 2.75) is 102 Å². The summed E-state index contributed by atoms with van der Waals surface area (Å²) in [5.74, 6) is 0. The van der Waals surface area contributed by atoms with Gasteiger partial charge < -0.3 is 0 Å². The van der Waals surface area contributed by atoms with Crippen LogP contribution in [-0.4, -0.2) is 50.7 Å². The van der Waals surface area contributed by atoms with E-state index in [9.17, 15) is 13.0 Å². The normalized spacial score (nSPS) is 11.3. The fourth-order valence-corrected chi connectivity index (χ4v) is 4.05. The van der Waals surface area contributed by atoms with E-state index in [1.165, 1.54) is 76.7 Å². The summed E-state index contributed by atoms with van der Waals surface area (Å²) in [6, 6.07) is 6.75. The molecule has 0 aromatic heterocycles. The second-order valence-corrected chi connectivity index (χ2v) is 8.47. The van der Waals surface area contributed by atoms with E-state index in [1.807, 2.05) is 6.07 Å². The van der Waals surface area contributed by atoms with Crippen LogP contribution in [0.1, 0.15) is 96.0 Å². The third-order valence-corrected chi connectivity index (χ3v) is 5.75. The van der Waals surface area contributed by atoms with E-state index in [0.717, 1.165) is 18.4 Å². The minimum absolute atomic E-state index is 0. The average molecular weight is 411 g/mol. The zero-order valence-electron chi connectivity index (χ0n) is 15.9. The van der Waals surface area contributed by atoms with Crippen molar-refractivity contribution in [2.24, 2.45) is 0 Å². The van der Waals surface area contributed by atoms with Gasteiger partial charge in [0.1, 0.15) is 0 Å². The summed E-state index contributed by atoms with van der Waals surface area (Å²) in [6.45, 7) is 2.26. The molecule has 0 amide bonds. The maximum atomic E-state index is 11.3. The molecule has 0 atom stereocenters. The molecule has 26 heavy (non-hydrogen) atoms. The average Bonchev–Trinajstić information content (AvgIpc) is 2.58. The molecule has 0 fully saturated rings. The molecule has 0 bridgehead atoms. The van der Waals surface area contributed by atoms with Crippen LogP contribution in [0.2, 0.25) is 0 Å². The van der Waals surface area contributed by atoms with Gasteiger partial charge in [-0.1, -0.05) is 102 Å². The molecule has 0 unspecified atom stereocenters. The van der Waals surface area contributed by atoms with Crippen molar-refractivity contribution in [3.05, 3.63) is 29.8 Å². The molecule has 0 saturated heterocycles. The minimum atomic E-state index is -4.10. The first-order valence-electron chi connectivity index (χ1n) is 10.1. The van der Waals surface area contributed by atoms with Crippen molar-refractivity contribution in [1.82, 2.24) is 0 Å². The van der Waals surface area contributed by atoms with E-state index in [-0.39, 0.29) is 42.6 Å². The van der Waals surface area contributed by atoms with E-state index in [1.54, 1.807) is 12.1 Å². The Morgan fingerprint density at radius 2 is 1.15 bits per heavy atom. The van der Waals surface area contributed by atoms with E-state index < -0.39 is 10.1 Å². The van der Waals surface area contributed by atoms with Crippen molar-refractivity contribution >= 4 is 47.9 Å². The Labute approximate surface area is 191 Å². The summed E-state index contributed by atoms with van der Waals surface area (Å²) < 4.78 is 31.9. The molecule has 5 heteroatoms. The van der Waals surface area contributed by atoms with Crippen LogP contribution in [0.4, 0.5) is 0 Å². The molecule has 1 N–H and O–H groups in total. The Balaban J connectivity index is 0.00000625. The Morgan fingerprint density at radius 1 is 0.731 bits per heavy atom. The Hall–Kier alpha value is 0.390. The first-order chi connectivity index (χ1) is 12.1. The van der Waals surface area contributed by atoms with Crippen molar-refractivity contribution in [2.75, 3.05) is 0 Å². The fraction of sp³-hybridized carbons (Fsp3) is 0.714. The zero-order valence-corrected chi connectivity index (χ0v) is 16.7. The standard InChI is InChI=1S/C21H36O3S.Ca.2H/c1-2-3-4-5-6-7-8-9-10-11-12-13-14-17-20-18-15-16-19-21(20)25(22,23)24;;;/h15-16,18-19H,2-14,17H2,1H3,(H,22,23,24);;;. The van der Waals surface area contributed by atoms with Crippen LogP contribution in [0.3, 0.4) is 0 Å². The molecule has 1 rings (SSSR count). The Kier molecular flexibility index (Phi) is 16.6. The van der Waals surface area contributed by atoms with Crippen molar-refractivity contribution in [1.29, 1.82) is 0 Å². The van der Waals surface area contributed by atoms with Crippen molar-refractivity contribution in [3.63, 3.8) is 0 Å². The van der Waals surface area contributed by atoms with Gasteiger partial charge in [0.15, 0.2) is 0 Å². The molecule has 3 nitrogen and oxygen atoms in total. The number of rotatable bonds is 15. The van der Waals surface area contributed by atoms with E-state index in [0.29, 0.717) is 6.42 Å². The summed E-state index contributed by atoms with van der Waals surface area (Å²) in [6.07, 6.45) is 17.6. The molecular weight excluding hydrogens is 372 g/mol. The molecule has 0 aliphatic carbocycles. The third-order valence-electron chi connectivity index (χ3n) is 4.80. The van der Waals surface area contributed by atoms with Crippen LogP contribution in [0.5, 0.6) is 0 Å². The van der Waals surface area contributed by atoms with Gasteiger partial charge in [-0.25, -0.2) is 0 Å². The predicted molar refractivity (Wildman–Crippen MR) is 114 cm³/mol. The fourth-order valence-electron chi connectivity index (χ4n) is 3.30. The van der Waals surface area contributed by atoms with Crippen molar-refractivity contribution in [3.8, 4) is 0 Å². The Morgan fingerprint density at radius 3 is 1.62 bits per heavy atom. The van der Waals surface area contributed by atoms with E-state index in [2.05, 4.69) is 6.92 Å². The molecular formula is C21H38CaO3S. The molecule has 1 aromatic rings. The molecule has 148 valence electrons. The number of unbranched alkanes of at least 4 members (excludes halogenated alkanes) is 12. The third kappa shape index (κ3) is 12.7. The number of aryl methyl sites for hydroxylation is 1. The van der Waals surface area contributed by atoms with Gasteiger partial charge in [0.2, 0.25) is 0 Å². The summed E-state index contributed by atoms with van der Waals surface area (Å²) in [5.41, 5.74) is 0.730. The molecule has 0 spiro atoms. The topological polar surface area (TPSA) is 54.4 Å². The van der Waals surface area contributed by atoms with Gasteiger partial charge in [-0.3, -0.25) is 4.55 Å². The predicted octanol–water partition coefficient (Wildman–Crippen LogP) is 5.65. The van der Waals surface area contributed by atoms with Gasteiger partial charge in [-0.15, -0.1) is 0 Å². The van der Waals surface area contributed by atoms with Crippen LogP contribution >= 0.6 is 0 Å². The maximum absolute atomic E-state index is 11.3. The van der Waals surface area contributed by atoms with Crippen LogP contribution < -0.4 is 0 Å². The van der Waals surface area contributed by atoms with Gasteiger partial charge in [-0.05, 0) is 24.5 Å². The van der Waals surface area contributed by atoms with Gasteiger partial charge in [-0.2, -0.15) is 8.42 Å². The van der Waals surface area contributed by atoms with Gasteiger partial charge in [0.25, 0.3) is 10.1 Å². The van der Waals surface area contributed by atoms with Crippen LogP contribution in [0.15, 0.2) is 29.2 Å². The first kappa shape index (κ1) is 26.4. The number of hydrogen-bond donors (Lipinski definition) is 1. The molecule has 0 radical (unpaired) electrons. The molecule has 0 saturated carbocycles. The summed E-state index contributed by atoms with van der Waals surface area (Å²) in [7, 11) is -4.10. The summed E-state index contributed by atoms with van der Waals surface area (Å²) in [5, 5.41) is 0. The van der Waals surface area contributed by atoms with Crippen LogP contribution in [-0.2, 0) is 16.5 Å². The number of hydrogen-bond acceptors (Lipinski definition) is 2. The monoisotopic (exact) mass is 410 g/mol. The van der Waals surface area contributed by atoms with Gasteiger partial charge in [0.05, 0.1) is 4.90 Å². The SMILES string of the molecule is CCCCCCCCCCCCCCCc1ccccc1S(=O)(=O)O.[CaH2]. The zero-order chi connectivity index (χ0) is 18.4. The molecule has 0 heterocycles. The molecule has 0 aliphatic rings. The molecule has 1 aromatic carbocycles. The van der Waals surface area contributed by atoms with E-state index >= 15 is 0 Å². The quantitative estimate of drug-likeness (QED) is 0.231. The van der Waals surface area contributed by atoms with E-state index in [4.69, 9.17) is 0 Å². The Bertz CT molecular complexity index is 558. The van der Waals surface area contributed by atoms with Crippen molar-refractivity contribution < 1.29 is 13.0 Å². The number of benzene rings is 1. The summed E-state index contributed by atoms with van der Waals surface area (Å²) in [4.78, 5) is 0.0638. The van der Waals surface area contributed by atoms with Gasteiger partial charge >= 0.3 is 37.7 Å². The second kappa shape index (κ2) is 16.4. The van der Waals surface area contributed by atoms with Crippen LogP contribution in [0.25, 0.3) is 0 Å². The van der Waals surface area contributed by atoms with Crippen LogP contribution in [0, 0.1) is 0 Å². The second-order valence-electron chi connectivity index (χ2n) is 7.08. The summed E-state index contributed by atoms with van der Waals surface area (Å²) >= 11 is 0. The van der Waals surface area contributed by atoms with Gasteiger partial charge in [0, 0.05) is 0 Å².